The van der Waals surface area contributed by atoms with Crippen molar-refractivity contribution in [1.82, 2.24) is 9.55 Å². The number of imidazole rings is 1. The Morgan fingerprint density at radius 1 is 0.854 bits per heavy atom. The first-order valence-electron chi connectivity index (χ1n) is 15.2. The highest BCUT2D eigenvalue weighted by molar-refractivity contribution is 7.16. The average molecular weight is 687 g/mol. The molecule has 0 aliphatic heterocycles. The average Bonchev–Trinajstić information content (AvgIpc) is 3.70. The highest BCUT2D eigenvalue weighted by Gasteiger charge is 2.52. The van der Waals surface area contributed by atoms with Crippen LogP contribution in [-0.2, 0) is 17.5 Å². The molecule has 0 fully saturated rings. The molecule has 6 nitrogen and oxygen atoms in total. The second-order valence-corrected chi connectivity index (χ2v) is 17.5. The number of hydrogen-bond donors (Lipinski definition) is 0. The van der Waals surface area contributed by atoms with E-state index in [0.29, 0.717) is 16.3 Å². The van der Waals surface area contributed by atoms with Crippen molar-refractivity contribution in [2.24, 2.45) is 0 Å². The van der Waals surface area contributed by atoms with Crippen molar-refractivity contribution in [2.75, 3.05) is 7.11 Å². The van der Waals surface area contributed by atoms with Crippen LogP contribution in [0.5, 0.6) is 11.5 Å². The van der Waals surface area contributed by atoms with Crippen molar-refractivity contribution in [2.45, 2.75) is 38.6 Å². The minimum Gasteiger partial charge on any atom is -0.534 e. The van der Waals surface area contributed by atoms with Gasteiger partial charge in [0.2, 0.25) is 0 Å². The van der Waals surface area contributed by atoms with Crippen molar-refractivity contribution in [3.8, 4) is 16.5 Å². The second kappa shape index (κ2) is 13.0. The van der Waals surface area contributed by atoms with Crippen molar-refractivity contribution < 1.29 is 31.9 Å². The number of carbonyl (C=O) groups is 1. The van der Waals surface area contributed by atoms with Crippen LogP contribution in [0.2, 0.25) is 5.04 Å². The van der Waals surface area contributed by atoms with E-state index in [1.54, 1.807) is 17.0 Å². The molecule has 0 aliphatic carbocycles. The van der Waals surface area contributed by atoms with Crippen LogP contribution < -0.4 is 19.5 Å². The van der Waals surface area contributed by atoms with Crippen molar-refractivity contribution in [3.63, 3.8) is 0 Å². The van der Waals surface area contributed by atoms with Gasteiger partial charge in [0, 0.05) is 17.7 Å². The number of hydrogen-bond acceptors (Lipinski definition) is 6. The molecule has 0 unspecified atom stereocenters. The molecule has 0 aliphatic rings. The van der Waals surface area contributed by atoms with E-state index in [4.69, 9.17) is 13.9 Å². The van der Waals surface area contributed by atoms with E-state index in [9.17, 15) is 18.0 Å². The molecular formula is C37H33F3N2O4SSi. The highest BCUT2D eigenvalue weighted by Crippen LogP contribution is 2.40. The number of fused-ring (bicyclic) bond motifs is 1. The second-order valence-electron chi connectivity index (χ2n) is 12.2. The van der Waals surface area contributed by atoms with E-state index in [2.05, 4.69) is 50.0 Å². The van der Waals surface area contributed by atoms with E-state index in [-0.39, 0.29) is 27.8 Å². The Bertz CT molecular complexity index is 2010. The number of nitrogens with zero attached hydrogens (tertiary/aromatic N) is 2. The van der Waals surface area contributed by atoms with Crippen LogP contribution in [0.15, 0.2) is 116 Å². The van der Waals surface area contributed by atoms with E-state index >= 15 is 0 Å². The van der Waals surface area contributed by atoms with E-state index in [1.807, 2.05) is 54.6 Å². The lowest BCUT2D eigenvalue weighted by Gasteiger charge is -2.43. The molecule has 0 amide bonds. The summed E-state index contributed by atoms with van der Waals surface area (Å²) in [5.74, 6) is 0.138. The number of ether oxygens (including phenoxy) is 2. The van der Waals surface area contributed by atoms with Gasteiger partial charge in [0.1, 0.15) is 29.4 Å². The van der Waals surface area contributed by atoms with Crippen molar-refractivity contribution >= 4 is 47.0 Å². The molecule has 2 heterocycles. The number of carbonyl (C=O) groups excluding carboxylic acids is 1. The Hall–Kier alpha value is -4.87. The van der Waals surface area contributed by atoms with Gasteiger partial charge in [0.05, 0.1) is 23.7 Å². The van der Waals surface area contributed by atoms with Gasteiger partial charge in [-0.25, -0.2) is 9.78 Å². The van der Waals surface area contributed by atoms with Gasteiger partial charge in [0.25, 0.3) is 0 Å². The number of benzene rings is 4. The molecule has 48 heavy (non-hydrogen) atoms. The number of methoxy groups -OCH3 is 1. The first kappa shape index (κ1) is 33.0. The van der Waals surface area contributed by atoms with Crippen LogP contribution in [0.3, 0.4) is 0 Å². The van der Waals surface area contributed by atoms with Crippen LogP contribution in [-0.4, -0.2) is 30.9 Å². The molecule has 2 aromatic heterocycles. The molecule has 0 saturated carbocycles. The predicted molar refractivity (Wildman–Crippen MR) is 184 cm³/mol. The Labute approximate surface area is 281 Å². The van der Waals surface area contributed by atoms with Gasteiger partial charge in [-0.2, -0.15) is 13.2 Å². The third-order valence-corrected chi connectivity index (χ3v) is 14.2. The van der Waals surface area contributed by atoms with Gasteiger partial charge in [-0.15, -0.1) is 11.3 Å². The third-order valence-electron chi connectivity index (χ3n) is 8.21. The Balaban J connectivity index is 1.36. The molecule has 6 aromatic rings. The standard InChI is InChI=1S/C37H33F3N2O4SSi/c1-36(2,3)48(27-14-7-5-8-15-27,28-16-9-6-10-17-28)46-26-19-20-31-30(21-26)41-24-42(31)33-22-32(34(47-33)35(43)44-4)45-23-25-13-11-12-18-29(25)37(38,39)40/h5-22,24H,23H2,1-4H3. The predicted octanol–water partition coefficient (Wildman–Crippen LogP) is 8.41. The van der Waals surface area contributed by atoms with Crippen molar-refractivity contribution in [3.05, 3.63) is 132 Å². The first-order valence-corrected chi connectivity index (χ1v) is 17.9. The number of halogens is 3. The summed E-state index contributed by atoms with van der Waals surface area (Å²) < 4.78 is 60.5. The Morgan fingerprint density at radius 2 is 1.48 bits per heavy atom. The van der Waals surface area contributed by atoms with Gasteiger partial charge in [-0.3, -0.25) is 4.57 Å². The molecule has 4 aromatic carbocycles. The molecule has 0 spiro atoms. The fourth-order valence-electron chi connectivity index (χ4n) is 5.96. The zero-order valence-corrected chi connectivity index (χ0v) is 28.6. The lowest BCUT2D eigenvalue weighted by Crippen LogP contribution is -2.68. The Morgan fingerprint density at radius 3 is 2.08 bits per heavy atom. The molecule has 0 N–H and O–H groups in total. The normalized spacial score (nSPS) is 12.2. The fourth-order valence-corrected chi connectivity index (χ4v) is 11.4. The maximum absolute atomic E-state index is 13.6. The monoisotopic (exact) mass is 686 g/mol. The quantitative estimate of drug-likeness (QED) is 0.113. The topological polar surface area (TPSA) is 62.6 Å². The van der Waals surface area contributed by atoms with Crippen LogP contribution in [0.1, 0.15) is 41.6 Å². The number of esters is 1. The minimum atomic E-state index is -4.54. The zero-order valence-electron chi connectivity index (χ0n) is 26.7. The third kappa shape index (κ3) is 6.23. The van der Waals surface area contributed by atoms with E-state index in [0.717, 1.165) is 33.3 Å². The molecular weight excluding hydrogens is 654 g/mol. The van der Waals surface area contributed by atoms with E-state index < -0.39 is 26.0 Å². The minimum absolute atomic E-state index is 0.0462. The lowest BCUT2D eigenvalue weighted by molar-refractivity contribution is -0.138. The van der Waals surface area contributed by atoms with Crippen LogP contribution in [0.4, 0.5) is 13.2 Å². The summed E-state index contributed by atoms with van der Waals surface area (Å²) in [6.07, 6.45) is -2.91. The smallest absolute Gasteiger partial charge is 0.416 e. The maximum Gasteiger partial charge on any atom is 0.416 e. The van der Waals surface area contributed by atoms with Gasteiger partial charge in [0.15, 0.2) is 4.88 Å². The summed E-state index contributed by atoms with van der Waals surface area (Å²) in [5, 5.41) is 2.64. The molecule has 0 atom stereocenters. The maximum atomic E-state index is 13.6. The fraction of sp³-hybridized carbons (Fsp3) is 0.189. The molecule has 11 heteroatoms. The summed E-state index contributed by atoms with van der Waals surface area (Å²) in [7, 11) is -1.64. The van der Waals surface area contributed by atoms with E-state index in [1.165, 1.54) is 25.3 Å². The van der Waals surface area contributed by atoms with Crippen LogP contribution in [0.25, 0.3) is 16.0 Å². The van der Waals surface area contributed by atoms with Gasteiger partial charge < -0.3 is 13.9 Å². The highest BCUT2D eigenvalue weighted by atomic mass is 32.1. The first-order chi connectivity index (χ1) is 22.9. The summed E-state index contributed by atoms with van der Waals surface area (Å²) in [5.41, 5.74) is 0.572. The number of aromatic nitrogens is 2. The largest absolute Gasteiger partial charge is 0.534 e. The number of alkyl halides is 3. The van der Waals surface area contributed by atoms with Crippen LogP contribution in [0, 0.1) is 0 Å². The summed E-state index contributed by atoms with van der Waals surface area (Å²) >= 11 is 1.10. The van der Waals surface area contributed by atoms with Gasteiger partial charge in [-0.1, -0.05) is 99.6 Å². The number of rotatable bonds is 9. The van der Waals surface area contributed by atoms with Crippen LogP contribution >= 0.6 is 11.3 Å². The van der Waals surface area contributed by atoms with Gasteiger partial charge >= 0.3 is 20.5 Å². The lowest BCUT2D eigenvalue weighted by atomic mass is 10.1. The number of thiophene rings is 1. The Kier molecular flexibility index (Phi) is 8.93. The summed E-state index contributed by atoms with van der Waals surface area (Å²) in [6, 6.07) is 33.2. The summed E-state index contributed by atoms with van der Waals surface area (Å²) in [4.78, 5) is 17.5. The molecule has 0 bridgehead atoms. The molecule has 246 valence electrons. The molecule has 0 saturated heterocycles. The molecule has 0 radical (unpaired) electrons. The zero-order chi connectivity index (χ0) is 34.1. The SMILES string of the molecule is COC(=O)c1sc(-n2cnc3cc(O[Si](c4ccccc4)(c4ccccc4)C(C)(C)C)ccc32)cc1OCc1ccccc1C(F)(F)F. The molecule has 6 rings (SSSR count). The summed E-state index contributed by atoms with van der Waals surface area (Å²) in [6.45, 7) is 6.25. The van der Waals surface area contributed by atoms with Crippen molar-refractivity contribution in [1.29, 1.82) is 0 Å². The van der Waals surface area contributed by atoms with Gasteiger partial charge in [-0.05, 0) is 33.6 Å².